The van der Waals surface area contributed by atoms with Crippen LogP contribution in [0.15, 0.2) is 18.2 Å². The fraction of sp³-hybridized carbons (Fsp3) is 0.455. The Balaban J connectivity index is 3.08. The van der Waals surface area contributed by atoms with Crippen molar-refractivity contribution in [1.82, 2.24) is 0 Å². The Morgan fingerprint density at radius 2 is 2.15 bits per heavy atom. The van der Waals surface area contributed by atoms with E-state index >= 15 is 0 Å². The highest BCUT2D eigenvalue weighted by Gasteiger charge is 2.10. The Morgan fingerprint density at radius 3 is 2.69 bits per heavy atom. The van der Waals surface area contributed by atoms with Crippen LogP contribution in [0.25, 0.3) is 0 Å². The fourth-order valence-electron chi connectivity index (χ4n) is 1.35. The summed E-state index contributed by atoms with van der Waals surface area (Å²) in [5.41, 5.74) is 2.20. The van der Waals surface area contributed by atoms with Crippen molar-refractivity contribution in [1.29, 1.82) is 0 Å². The lowest BCUT2D eigenvalue weighted by atomic mass is 9.99. The van der Waals surface area contributed by atoms with Gasteiger partial charge in [0, 0.05) is 17.5 Å². The molecule has 0 saturated carbocycles. The molecule has 0 radical (unpaired) electrons. The topological polar surface area (TPSA) is 20.2 Å². The molecule has 1 atom stereocenters. The van der Waals surface area contributed by atoms with E-state index in [0.717, 1.165) is 22.6 Å². The third-order valence-electron chi connectivity index (χ3n) is 2.29. The minimum absolute atomic E-state index is 0.124. The Morgan fingerprint density at radius 1 is 1.46 bits per heavy atom. The first-order chi connectivity index (χ1) is 6.20. The Labute approximate surface area is 84.4 Å². The molecule has 1 nitrogen and oxygen atoms in total. The van der Waals surface area contributed by atoms with Crippen LogP contribution in [-0.4, -0.2) is 11.7 Å². The van der Waals surface area contributed by atoms with Crippen molar-refractivity contribution in [2.24, 2.45) is 0 Å². The second-order valence-electron chi connectivity index (χ2n) is 3.26. The van der Waals surface area contributed by atoms with Crippen molar-refractivity contribution in [3.63, 3.8) is 0 Å². The lowest BCUT2D eigenvalue weighted by Crippen LogP contribution is -2.01. The molecule has 0 fully saturated rings. The Hall–Kier alpha value is -0.530. The second-order valence-corrected chi connectivity index (χ2v) is 3.64. The zero-order valence-corrected chi connectivity index (χ0v) is 8.80. The quantitative estimate of drug-likeness (QED) is 0.792. The number of aryl methyl sites for hydroxylation is 1. The van der Waals surface area contributed by atoms with Crippen molar-refractivity contribution >= 4 is 11.6 Å². The lowest BCUT2D eigenvalue weighted by Gasteiger charge is -2.12. The molecule has 0 heterocycles. The second kappa shape index (κ2) is 4.64. The van der Waals surface area contributed by atoms with Gasteiger partial charge < -0.3 is 5.11 Å². The monoisotopic (exact) mass is 198 g/mol. The zero-order chi connectivity index (χ0) is 9.84. The zero-order valence-electron chi connectivity index (χ0n) is 8.05. The molecule has 1 rings (SSSR count). The van der Waals surface area contributed by atoms with Gasteiger partial charge in [-0.15, -0.1) is 0 Å². The Kier molecular flexibility index (Phi) is 3.76. The maximum Gasteiger partial charge on any atom is 0.0497 e. The van der Waals surface area contributed by atoms with E-state index in [2.05, 4.69) is 6.92 Å². The maximum atomic E-state index is 9.02. The molecule has 1 N–H and O–H groups in total. The molecular formula is C11H15ClO. The average molecular weight is 199 g/mol. The highest BCUT2D eigenvalue weighted by molar-refractivity contribution is 6.32. The molecule has 0 aliphatic rings. The predicted octanol–water partition coefficient (Wildman–Crippen LogP) is 3.00. The van der Waals surface area contributed by atoms with Crippen molar-refractivity contribution in [2.45, 2.75) is 26.2 Å². The number of halogens is 1. The molecule has 0 spiro atoms. The van der Waals surface area contributed by atoms with Crippen LogP contribution in [0.4, 0.5) is 0 Å². The van der Waals surface area contributed by atoms with Crippen molar-refractivity contribution in [3.8, 4) is 0 Å². The summed E-state index contributed by atoms with van der Waals surface area (Å²) in [6.45, 7) is 4.20. The van der Waals surface area contributed by atoms with Gasteiger partial charge in [-0.2, -0.15) is 0 Å². The normalized spacial score (nSPS) is 12.9. The van der Waals surface area contributed by atoms with Gasteiger partial charge in [-0.25, -0.2) is 0 Å². The minimum atomic E-state index is 0.124. The van der Waals surface area contributed by atoms with Gasteiger partial charge in [-0.05, 0) is 17.5 Å². The highest BCUT2D eigenvalue weighted by atomic mass is 35.5. The van der Waals surface area contributed by atoms with E-state index < -0.39 is 0 Å². The first-order valence-corrected chi connectivity index (χ1v) is 4.96. The maximum absolute atomic E-state index is 9.02. The summed E-state index contributed by atoms with van der Waals surface area (Å²) in [5, 5.41) is 9.83. The third kappa shape index (κ3) is 2.23. The fourth-order valence-corrected chi connectivity index (χ4v) is 1.80. The van der Waals surface area contributed by atoms with E-state index in [4.69, 9.17) is 16.7 Å². The van der Waals surface area contributed by atoms with Crippen LogP contribution in [-0.2, 0) is 6.42 Å². The van der Waals surface area contributed by atoms with Gasteiger partial charge in [-0.1, -0.05) is 43.6 Å². The van der Waals surface area contributed by atoms with Crippen LogP contribution in [0.3, 0.4) is 0 Å². The van der Waals surface area contributed by atoms with Gasteiger partial charge in [0.1, 0.15) is 0 Å². The summed E-state index contributed by atoms with van der Waals surface area (Å²) < 4.78 is 0. The molecule has 0 aliphatic carbocycles. The molecule has 1 unspecified atom stereocenters. The Bertz CT molecular complexity index is 283. The van der Waals surface area contributed by atoms with Gasteiger partial charge in [0.05, 0.1) is 0 Å². The number of aliphatic hydroxyl groups excluding tert-OH is 1. The molecular weight excluding hydrogens is 184 g/mol. The first kappa shape index (κ1) is 10.6. The predicted molar refractivity (Wildman–Crippen MR) is 56.3 cm³/mol. The molecule has 0 bridgehead atoms. The summed E-state index contributed by atoms with van der Waals surface area (Å²) in [5.74, 6) is 0.124. The van der Waals surface area contributed by atoms with Gasteiger partial charge in [0.15, 0.2) is 0 Å². The van der Waals surface area contributed by atoms with E-state index in [1.807, 2.05) is 25.1 Å². The van der Waals surface area contributed by atoms with Crippen molar-refractivity contribution in [3.05, 3.63) is 34.3 Å². The van der Waals surface area contributed by atoms with E-state index in [9.17, 15) is 0 Å². The lowest BCUT2D eigenvalue weighted by molar-refractivity contribution is 0.273. The van der Waals surface area contributed by atoms with Gasteiger partial charge in [-0.3, -0.25) is 0 Å². The molecule has 0 amide bonds. The summed E-state index contributed by atoms with van der Waals surface area (Å²) in [4.78, 5) is 0. The molecule has 1 aromatic rings. The molecule has 0 saturated heterocycles. The van der Waals surface area contributed by atoms with E-state index in [1.54, 1.807) is 0 Å². The average Bonchev–Trinajstić information content (AvgIpc) is 2.17. The number of hydrogen-bond acceptors (Lipinski definition) is 1. The molecule has 2 heteroatoms. The smallest absolute Gasteiger partial charge is 0.0497 e. The van der Waals surface area contributed by atoms with Crippen LogP contribution >= 0.6 is 11.6 Å². The summed E-state index contributed by atoms with van der Waals surface area (Å²) in [7, 11) is 0. The first-order valence-electron chi connectivity index (χ1n) is 4.58. The van der Waals surface area contributed by atoms with E-state index in [0.29, 0.717) is 0 Å². The van der Waals surface area contributed by atoms with Crippen molar-refractivity contribution in [2.75, 3.05) is 6.61 Å². The van der Waals surface area contributed by atoms with Crippen LogP contribution in [0, 0.1) is 0 Å². The highest BCUT2D eigenvalue weighted by Crippen LogP contribution is 2.27. The van der Waals surface area contributed by atoms with E-state index in [1.165, 1.54) is 0 Å². The minimum Gasteiger partial charge on any atom is -0.396 e. The summed E-state index contributed by atoms with van der Waals surface area (Å²) in [6.07, 6.45) is 0.935. The number of benzene rings is 1. The van der Waals surface area contributed by atoms with Crippen LogP contribution in [0.2, 0.25) is 5.02 Å². The van der Waals surface area contributed by atoms with Gasteiger partial charge in [0.2, 0.25) is 0 Å². The van der Waals surface area contributed by atoms with Crippen LogP contribution in [0.1, 0.15) is 30.9 Å². The number of hydrogen-bond donors (Lipinski definition) is 1. The van der Waals surface area contributed by atoms with Crippen LogP contribution in [0.5, 0.6) is 0 Å². The molecule has 1 aromatic carbocycles. The number of aliphatic hydroxyl groups is 1. The van der Waals surface area contributed by atoms with Crippen molar-refractivity contribution < 1.29 is 5.11 Å². The SMILES string of the molecule is CCc1cccc(C(C)CO)c1Cl. The van der Waals surface area contributed by atoms with Crippen LogP contribution < -0.4 is 0 Å². The van der Waals surface area contributed by atoms with E-state index in [-0.39, 0.29) is 12.5 Å². The standard InChI is InChI=1S/C11H15ClO/c1-3-9-5-4-6-10(11(9)12)8(2)7-13/h4-6,8,13H,3,7H2,1-2H3. The molecule has 0 aromatic heterocycles. The van der Waals surface area contributed by atoms with Gasteiger partial charge >= 0.3 is 0 Å². The molecule has 0 aliphatic heterocycles. The van der Waals surface area contributed by atoms with Gasteiger partial charge in [0.25, 0.3) is 0 Å². The summed E-state index contributed by atoms with van der Waals surface area (Å²) in [6, 6.07) is 5.99. The largest absolute Gasteiger partial charge is 0.396 e. The summed E-state index contributed by atoms with van der Waals surface area (Å²) >= 11 is 6.17. The molecule has 13 heavy (non-hydrogen) atoms. The third-order valence-corrected chi connectivity index (χ3v) is 2.76. The molecule has 72 valence electrons. The number of rotatable bonds is 3.